The minimum absolute atomic E-state index is 0.276. The lowest BCUT2D eigenvalue weighted by Gasteiger charge is -2.40. The van der Waals surface area contributed by atoms with Crippen LogP contribution in [0.15, 0.2) is 41.5 Å². The number of fused-ring (bicyclic) bond motifs is 3. The number of halogens is 1. The average Bonchev–Trinajstić information content (AvgIpc) is 3.12. The van der Waals surface area contributed by atoms with Gasteiger partial charge >= 0.3 is 5.97 Å². The zero-order chi connectivity index (χ0) is 21.5. The fourth-order valence-corrected chi connectivity index (χ4v) is 5.35. The van der Waals surface area contributed by atoms with Gasteiger partial charge in [0.05, 0.1) is 40.2 Å². The zero-order valence-electron chi connectivity index (χ0n) is 17.5. The van der Waals surface area contributed by atoms with Gasteiger partial charge in [-0.05, 0) is 74.4 Å². The van der Waals surface area contributed by atoms with Gasteiger partial charge in [-0.15, -0.1) is 0 Å². The number of hydrogen-bond donors (Lipinski definition) is 0. The summed E-state index contributed by atoms with van der Waals surface area (Å²) in [7, 11) is 0. The van der Waals surface area contributed by atoms with E-state index >= 15 is 0 Å². The van der Waals surface area contributed by atoms with Gasteiger partial charge in [-0.25, -0.2) is 4.79 Å². The van der Waals surface area contributed by atoms with E-state index in [1.54, 1.807) is 6.07 Å². The molecule has 0 unspecified atom stereocenters. The second kappa shape index (κ2) is 8.01. The molecule has 31 heavy (non-hydrogen) atoms. The minimum atomic E-state index is -0.276. The standard InChI is InChI=1S/C25H24ClN3O2/c1-2-31-25(30)17-8-10-20-16(12-17)7-11-21-23(20)28-29(24(21)15-4-3-5-15)19-9-6-18(14-27)22(26)13-19/h6,8-10,12-13,15,21,24H,2-5,7,11H2,1H3/t21-,24-/m0/s1. The largest absolute Gasteiger partial charge is 0.462 e. The highest BCUT2D eigenvalue weighted by atomic mass is 35.5. The van der Waals surface area contributed by atoms with Crippen LogP contribution >= 0.6 is 11.6 Å². The molecule has 0 aromatic heterocycles. The molecule has 158 valence electrons. The van der Waals surface area contributed by atoms with E-state index in [0.717, 1.165) is 35.4 Å². The Morgan fingerprint density at radius 3 is 2.77 bits per heavy atom. The van der Waals surface area contributed by atoms with E-state index in [1.165, 1.54) is 19.3 Å². The first-order chi connectivity index (χ1) is 15.1. The van der Waals surface area contributed by atoms with Gasteiger partial charge in [-0.1, -0.05) is 24.1 Å². The number of nitriles is 1. The van der Waals surface area contributed by atoms with Crippen molar-refractivity contribution in [2.24, 2.45) is 16.9 Å². The van der Waals surface area contributed by atoms with Crippen molar-refractivity contribution in [3.05, 3.63) is 63.7 Å². The van der Waals surface area contributed by atoms with Gasteiger partial charge in [0.15, 0.2) is 0 Å². The molecule has 0 saturated heterocycles. The van der Waals surface area contributed by atoms with Gasteiger partial charge in [-0.3, -0.25) is 5.01 Å². The van der Waals surface area contributed by atoms with Crippen LogP contribution in [-0.2, 0) is 11.2 Å². The fourth-order valence-electron chi connectivity index (χ4n) is 5.13. The third-order valence-electron chi connectivity index (χ3n) is 6.85. The van der Waals surface area contributed by atoms with Crippen molar-refractivity contribution in [2.75, 3.05) is 11.6 Å². The average molecular weight is 434 g/mol. The monoisotopic (exact) mass is 433 g/mol. The minimum Gasteiger partial charge on any atom is -0.462 e. The Balaban J connectivity index is 1.54. The van der Waals surface area contributed by atoms with Gasteiger partial charge in [-0.2, -0.15) is 10.4 Å². The van der Waals surface area contributed by atoms with E-state index in [4.69, 9.17) is 21.4 Å². The first-order valence-corrected chi connectivity index (χ1v) is 11.4. The molecule has 2 aromatic carbocycles. The topological polar surface area (TPSA) is 65.7 Å². The van der Waals surface area contributed by atoms with Crippen LogP contribution < -0.4 is 5.01 Å². The van der Waals surface area contributed by atoms with Crippen molar-refractivity contribution < 1.29 is 9.53 Å². The molecule has 1 fully saturated rings. The fraction of sp³-hybridized carbons (Fsp3) is 0.400. The van der Waals surface area contributed by atoms with Crippen LogP contribution in [-0.4, -0.2) is 24.3 Å². The van der Waals surface area contributed by atoms with E-state index in [-0.39, 0.29) is 5.97 Å². The number of carbonyl (C=O) groups excluding carboxylic acids is 1. The lowest BCUT2D eigenvalue weighted by atomic mass is 9.69. The number of aryl methyl sites for hydroxylation is 1. The van der Waals surface area contributed by atoms with Crippen molar-refractivity contribution in [3.8, 4) is 6.07 Å². The summed E-state index contributed by atoms with van der Waals surface area (Å²) in [5.41, 5.74) is 5.42. The van der Waals surface area contributed by atoms with Crippen LogP contribution in [0.5, 0.6) is 0 Å². The van der Waals surface area contributed by atoms with Crippen molar-refractivity contribution in [3.63, 3.8) is 0 Å². The van der Waals surface area contributed by atoms with Gasteiger partial charge in [0.1, 0.15) is 6.07 Å². The molecule has 0 amide bonds. The van der Waals surface area contributed by atoms with E-state index < -0.39 is 0 Å². The number of hydrazone groups is 1. The molecular formula is C25H24ClN3O2. The Morgan fingerprint density at radius 2 is 2.10 bits per heavy atom. The lowest BCUT2D eigenvalue weighted by molar-refractivity contribution is 0.0526. The van der Waals surface area contributed by atoms with E-state index in [1.807, 2.05) is 37.3 Å². The smallest absolute Gasteiger partial charge is 0.338 e. The molecule has 2 aromatic rings. The molecule has 1 heterocycles. The maximum atomic E-state index is 12.2. The number of rotatable bonds is 4. The summed E-state index contributed by atoms with van der Waals surface area (Å²) >= 11 is 6.35. The number of benzene rings is 2. The SMILES string of the molecule is CCOC(=O)c1ccc2c(c1)CC[C@H]1C2=NN(c2ccc(C#N)c(Cl)c2)[C@H]1C1CCC1. The summed E-state index contributed by atoms with van der Waals surface area (Å²) in [6, 6.07) is 13.9. The maximum Gasteiger partial charge on any atom is 0.338 e. The van der Waals surface area contributed by atoms with Crippen molar-refractivity contribution >= 4 is 29.0 Å². The molecule has 0 N–H and O–H groups in total. The molecule has 5 rings (SSSR count). The van der Waals surface area contributed by atoms with Gasteiger partial charge in [0.2, 0.25) is 0 Å². The summed E-state index contributed by atoms with van der Waals surface area (Å²) in [6.45, 7) is 2.19. The molecule has 0 bridgehead atoms. The molecule has 0 spiro atoms. The number of ether oxygens (including phenoxy) is 1. The summed E-state index contributed by atoms with van der Waals surface area (Å²) in [5.74, 6) is 0.698. The van der Waals surface area contributed by atoms with Crippen molar-refractivity contribution in [1.82, 2.24) is 0 Å². The molecule has 2 aliphatic carbocycles. The molecule has 6 heteroatoms. The molecule has 1 saturated carbocycles. The van der Waals surface area contributed by atoms with Crippen molar-refractivity contribution in [1.29, 1.82) is 5.26 Å². The lowest BCUT2D eigenvalue weighted by Crippen LogP contribution is -2.44. The van der Waals surface area contributed by atoms with Crippen LogP contribution in [0.25, 0.3) is 0 Å². The number of hydrogen-bond acceptors (Lipinski definition) is 5. The highest BCUT2D eigenvalue weighted by molar-refractivity contribution is 6.32. The highest BCUT2D eigenvalue weighted by Gasteiger charge is 2.46. The zero-order valence-corrected chi connectivity index (χ0v) is 18.2. The Kier molecular flexibility index (Phi) is 5.19. The molecule has 0 radical (unpaired) electrons. The van der Waals surface area contributed by atoms with Gasteiger partial charge in [0.25, 0.3) is 0 Å². The van der Waals surface area contributed by atoms with E-state index in [2.05, 4.69) is 11.1 Å². The Hall–Kier alpha value is -2.84. The quantitative estimate of drug-likeness (QED) is 0.610. The summed E-state index contributed by atoms with van der Waals surface area (Å²) in [5, 5.41) is 16.9. The molecular weight excluding hydrogens is 410 g/mol. The number of nitrogens with zero attached hydrogens (tertiary/aromatic N) is 3. The van der Waals surface area contributed by atoms with Crippen molar-refractivity contribution in [2.45, 2.75) is 45.1 Å². The Labute approximate surface area is 187 Å². The first kappa shape index (κ1) is 20.1. The molecule has 2 atom stereocenters. The normalized spacial score (nSPS) is 22.1. The second-order valence-corrected chi connectivity index (χ2v) is 8.93. The summed E-state index contributed by atoms with van der Waals surface area (Å²) < 4.78 is 5.17. The number of anilines is 1. The van der Waals surface area contributed by atoms with Gasteiger partial charge in [0, 0.05) is 11.5 Å². The van der Waals surface area contributed by atoms with E-state index in [9.17, 15) is 10.1 Å². The second-order valence-electron chi connectivity index (χ2n) is 8.52. The van der Waals surface area contributed by atoms with Crippen LogP contribution in [0, 0.1) is 23.2 Å². The number of carbonyl (C=O) groups is 1. The predicted molar refractivity (Wildman–Crippen MR) is 121 cm³/mol. The Bertz CT molecular complexity index is 1120. The maximum absolute atomic E-state index is 12.2. The highest BCUT2D eigenvalue weighted by Crippen LogP contribution is 2.46. The Morgan fingerprint density at radius 1 is 1.26 bits per heavy atom. The molecule has 3 aliphatic rings. The molecule has 5 nitrogen and oxygen atoms in total. The third-order valence-corrected chi connectivity index (χ3v) is 7.16. The summed E-state index contributed by atoms with van der Waals surface area (Å²) in [6.07, 6.45) is 5.65. The summed E-state index contributed by atoms with van der Waals surface area (Å²) in [4.78, 5) is 12.2. The van der Waals surface area contributed by atoms with Crippen LogP contribution in [0.4, 0.5) is 5.69 Å². The number of esters is 1. The third kappa shape index (κ3) is 3.40. The van der Waals surface area contributed by atoms with Crippen LogP contribution in [0.1, 0.15) is 59.7 Å². The van der Waals surface area contributed by atoms with E-state index in [0.29, 0.717) is 40.6 Å². The molecule has 1 aliphatic heterocycles. The predicted octanol–water partition coefficient (Wildman–Crippen LogP) is 5.34. The first-order valence-electron chi connectivity index (χ1n) is 11.0. The van der Waals surface area contributed by atoms with Crippen LogP contribution in [0.3, 0.4) is 0 Å². The van der Waals surface area contributed by atoms with Gasteiger partial charge < -0.3 is 4.74 Å². The van der Waals surface area contributed by atoms with Crippen LogP contribution in [0.2, 0.25) is 5.02 Å².